The van der Waals surface area contributed by atoms with Crippen molar-refractivity contribution in [1.82, 2.24) is 0 Å². The van der Waals surface area contributed by atoms with Gasteiger partial charge in [-0.25, -0.2) is 0 Å². The lowest BCUT2D eigenvalue weighted by Gasteiger charge is -2.08. The lowest BCUT2D eigenvalue weighted by Crippen LogP contribution is -1.86. The van der Waals surface area contributed by atoms with Crippen LogP contribution in [0.3, 0.4) is 0 Å². The van der Waals surface area contributed by atoms with Crippen molar-refractivity contribution in [3.05, 3.63) is 59.2 Å². The van der Waals surface area contributed by atoms with Crippen LogP contribution in [0.5, 0.6) is 0 Å². The van der Waals surface area contributed by atoms with Crippen LogP contribution in [0, 0.1) is 13.8 Å². The van der Waals surface area contributed by atoms with Crippen molar-refractivity contribution >= 4 is 0 Å². The molecule has 0 aliphatic carbocycles. The largest absolute Gasteiger partial charge is 0.0651 e. The van der Waals surface area contributed by atoms with E-state index in [-0.39, 0.29) is 0 Å². The summed E-state index contributed by atoms with van der Waals surface area (Å²) in [5.74, 6) is 0. The predicted octanol–water partition coefficient (Wildman–Crippen LogP) is 4.92. The molecular weight excluding hydrogens is 204 g/mol. The van der Waals surface area contributed by atoms with Crippen LogP contribution >= 0.6 is 0 Å². The monoisotopic (exact) mass is 224 g/mol. The topological polar surface area (TPSA) is 0 Å². The molecule has 0 N–H and O–H groups in total. The minimum Gasteiger partial charge on any atom is -0.0651 e. The quantitative estimate of drug-likeness (QED) is 0.694. The van der Waals surface area contributed by atoms with Gasteiger partial charge in [0.25, 0.3) is 0 Å². The summed E-state index contributed by atoms with van der Waals surface area (Å²) in [6, 6.07) is 15.6. The molecule has 0 heterocycles. The SMILES string of the molecule is CCCc1ccc(-c2ccc(C)cc2C)cc1. The van der Waals surface area contributed by atoms with E-state index in [1.165, 1.54) is 40.7 Å². The summed E-state index contributed by atoms with van der Waals surface area (Å²) in [4.78, 5) is 0. The Morgan fingerprint density at radius 3 is 2.18 bits per heavy atom. The van der Waals surface area contributed by atoms with E-state index in [4.69, 9.17) is 0 Å². The fourth-order valence-electron chi connectivity index (χ4n) is 2.28. The van der Waals surface area contributed by atoms with E-state index in [1.807, 2.05) is 0 Å². The van der Waals surface area contributed by atoms with Gasteiger partial charge in [-0.1, -0.05) is 61.4 Å². The Morgan fingerprint density at radius 1 is 0.882 bits per heavy atom. The maximum atomic E-state index is 2.25. The first-order valence-corrected chi connectivity index (χ1v) is 6.37. The van der Waals surface area contributed by atoms with Gasteiger partial charge in [0.15, 0.2) is 0 Å². The van der Waals surface area contributed by atoms with Crippen molar-refractivity contribution in [2.24, 2.45) is 0 Å². The molecule has 0 aliphatic rings. The van der Waals surface area contributed by atoms with Gasteiger partial charge in [-0.15, -0.1) is 0 Å². The summed E-state index contributed by atoms with van der Waals surface area (Å²) in [5.41, 5.74) is 6.78. The number of rotatable bonds is 3. The zero-order valence-electron chi connectivity index (χ0n) is 11.0. The molecule has 2 aromatic rings. The van der Waals surface area contributed by atoms with Crippen molar-refractivity contribution < 1.29 is 0 Å². The van der Waals surface area contributed by atoms with Gasteiger partial charge in [-0.05, 0) is 42.5 Å². The summed E-state index contributed by atoms with van der Waals surface area (Å²) in [6.45, 7) is 6.54. The standard InChI is InChI=1S/C17H20/c1-4-5-15-7-9-16(10-8-15)17-11-6-13(2)12-14(17)3/h6-12H,4-5H2,1-3H3. The van der Waals surface area contributed by atoms with Crippen LogP contribution in [0.25, 0.3) is 11.1 Å². The minimum atomic E-state index is 1.17. The fourth-order valence-corrected chi connectivity index (χ4v) is 2.28. The third-order valence-corrected chi connectivity index (χ3v) is 3.19. The second-order valence-corrected chi connectivity index (χ2v) is 4.77. The van der Waals surface area contributed by atoms with Gasteiger partial charge in [0, 0.05) is 0 Å². The average molecular weight is 224 g/mol. The molecule has 2 aromatic carbocycles. The maximum absolute atomic E-state index is 2.25. The molecule has 0 spiro atoms. The van der Waals surface area contributed by atoms with E-state index in [0.717, 1.165) is 0 Å². The first-order valence-electron chi connectivity index (χ1n) is 6.37. The van der Waals surface area contributed by atoms with Crippen LogP contribution in [0.4, 0.5) is 0 Å². The summed E-state index contributed by atoms with van der Waals surface area (Å²) in [5, 5.41) is 0. The highest BCUT2D eigenvalue weighted by atomic mass is 14.1. The van der Waals surface area contributed by atoms with Crippen molar-refractivity contribution in [2.45, 2.75) is 33.6 Å². The highest BCUT2D eigenvalue weighted by Gasteiger charge is 2.01. The summed E-state index contributed by atoms with van der Waals surface area (Å²) >= 11 is 0. The zero-order chi connectivity index (χ0) is 12.3. The van der Waals surface area contributed by atoms with Gasteiger partial charge in [-0.3, -0.25) is 0 Å². The molecule has 0 saturated heterocycles. The van der Waals surface area contributed by atoms with Crippen molar-refractivity contribution in [2.75, 3.05) is 0 Å². The first kappa shape index (κ1) is 11.9. The average Bonchev–Trinajstić information content (AvgIpc) is 2.31. The van der Waals surface area contributed by atoms with Crippen molar-refractivity contribution in [1.29, 1.82) is 0 Å². The Hall–Kier alpha value is -1.56. The van der Waals surface area contributed by atoms with E-state index in [1.54, 1.807) is 0 Å². The predicted molar refractivity (Wildman–Crippen MR) is 75.3 cm³/mol. The highest BCUT2D eigenvalue weighted by Crippen LogP contribution is 2.24. The molecule has 0 bridgehead atoms. The Bertz CT molecular complexity index is 492. The molecule has 0 atom stereocenters. The second kappa shape index (κ2) is 5.18. The Morgan fingerprint density at radius 2 is 1.59 bits per heavy atom. The van der Waals surface area contributed by atoms with Crippen molar-refractivity contribution in [3.63, 3.8) is 0 Å². The van der Waals surface area contributed by atoms with Crippen LogP contribution < -0.4 is 0 Å². The Kier molecular flexibility index (Phi) is 3.63. The molecule has 0 unspecified atom stereocenters. The second-order valence-electron chi connectivity index (χ2n) is 4.77. The number of hydrogen-bond donors (Lipinski definition) is 0. The van der Waals surface area contributed by atoms with Gasteiger partial charge in [-0.2, -0.15) is 0 Å². The molecule has 0 aromatic heterocycles. The lowest BCUT2D eigenvalue weighted by molar-refractivity contribution is 0.922. The van der Waals surface area contributed by atoms with Gasteiger partial charge in [0.2, 0.25) is 0 Å². The normalized spacial score (nSPS) is 10.5. The molecule has 0 amide bonds. The number of hydrogen-bond acceptors (Lipinski definition) is 0. The van der Waals surface area contributed by atoms with Gasteiger partial charge in [0.1, 0.15) is 0 Å². The molecule has 0 aliphatic heterocycles. The summed E-state index contributed by atoms with van der Waals surface area (Å²) < 4.78 is 0. The molecule has 0 radical (unpaired) electrons. The van der Waals surface area contributed by atoms with E-state index in [2.05, 4.69) is 63.2 Å². The third kappa shape index (κ3) is 2.76. The van der Waals surface area contributed by atoms with Crippen LogP contribution in [0.2, 0.25) is 0 Å². The van der Waals surface area contributed by atoms with Crippen molar-refractivity contribution in [3.8, 4) is 11.1 Å². The van der Waals surface area contributed by atoms with E-state index in [9.17, 15) is 0 Å². The molecule has 17 heavy (non-hydrogen) atoms. The van der Waals surface area contributed by atoms with Gasteiger partial charge in [0.05, 0.1) is 0 Å². The van der Waals surface area contributed by atoms with Crippen LogP contribution in [-0.2, 0) is 6.42 Å². The van der Waals surface area contributed by atoms with Crippen LogP contribution in [-0.4, -0.2) is 0 Å². The van der Waals surface area contributed by atoms with E-state index < -0.39 is 0 Å². The molecule has 0 nitrogen and oxygen atoms in total. The first-order chi connectivity index (χ1) is 8.20. The highest BCUT2D eigenvalue weighted by molar-refractivity contribution is 5.67. The van der Waals surface area contributed by atoms with E-state index >= 15 is 0 Å². The molecule has 88 valence electrons. The fraction of sp³-hybridized carbons (Fsp3) is 0.294. The number of aryl methyl sites for hydroxylation is 3. The third-order valence-electron chi connectivity index (χ3n) is 3.19. The Labute approximate surface area is 104 Å². The van der Waals surface area contributed by atoms with Crippen LogP contribution in [0.15, 0.2) is 42.5 Å². The summed E-state index contributed by atoms with van der Waals surface area (Å²) in [6.07, 6.45) is 2.38. The lowest BCUT2D eigenvalue weighted by atomic mass is 9.97. The summed E-state index contributed by atoms with van der Waals surface area (Å²) in [7, 11) is 0. The van der Waals surface area contributed by atoms with E-state index in [0.29, 0.717) is 0 Å². The van der Waals surface area contributed by atoms with Gasteiger partial charge < -0.3 is 0 Å². The minimum absolute atomic E-state index is 1.17. The molecule has 2 rings (SSSR count). The molecular formula is C17H20. The molecule has 0 saturated carbocycles. The number of benzene rings is 2. The molecule has 0 heteroatoms. The maximum Gasteiger partial charge on any atom is -0.0155 e. The molecule has 0 fully saturated rings. The Balaban J connectivity index is 2.33. The zero-order valence-corrected chi connectivity index (χ0v) is 11.0. The smallest absolute Gasteiger partial charge is 0.0155 e. The van der Waals surface area contributed by atoms with Gasteiger partial charge >= 0.3 is 0 Å². The van der Waals surface area contributed by atoms with Crippen LogP contribution in [0.1, 0.15) is 30.0 Å².